The molecule has 3 amide bonds. The Hall–Kier alpha value is -13.5. The van der Waals surface area contributed by atoms with Crippen molar-refractivity contribution in [1.82, 2.24) is 84.8 Å². The number of para-hydroxylation sites is 3. The summed E-state index contributed by atoms with van der Waals surface area (Å²) in [5, 5.41) is 43.8. The number of nitrogens with zero attached hydrogens (tertiary/aromatic N) is 13. The normalized spacial score (nSPS) is 16.4. The second-order valence-corrected chi connectivity index (χ2v) is 25.7. The van der Waals surface area contributed by atoms with Crippen molar-refractivity contribution < 1.29 is 23.9 Å². The molecule has 2 aliphatic heterocycles. The zero-order valence-corrected chi connectivity index (χ0v) is 57.0. The van der Waals surface area contributed by atoms with E-state index in [1.807, 2.05) is 162 Å². The summed E-state index contributed by atoms with van der Waals surface area (Å²) in [6.45, 7) is 12.8. The number of nitrogen functional groups attached to an aromatic ring is 3. The van der Waals surface area contributed by atoms with Gasteiger partial charge in [0, 0.05) is 47.8 Å². The molecule has 105 heavy (non-hydrogen) atoms. The summed E-state index contributed by atoms with van der Waals surface area (Å²) in [7, 11) is 0. The maximum absolute atomic E-state index is 12.9. The average Bonchev–Trinajstić information content (AvgIpc) is 1.62. The van der Waals surface area contributed by atoms with E-state index >= 15 is 0 Å². The van der Waals surface area contributed by atoms with E-state index < -0.39 is 0 Å². The van der Waals surface area contributed by atoms with Crippen LogP contribution in [0.3, 0.4) is 0 Å². The Labute approximate surface area is 599 Å². The topological polar surface area (TPSA) is 375 Å². The summed E-state index contributed by atoms with van der Waals surface area (Å²) in [6.07, 6.45) is 12.1. The maximum atomic E-state index is 12.9. The summed E-state index contributed by atoms with van der Waals surface area (Å²) < 4.78 is 18.8. The Morgan fingerprint density at radius 3 is 1.56 bits per heavy atom. The van der Waals surface area contributed by atoms with Crippen LogP contribution >= 0.6 is 0 Å². The summed E-state index contributed by atoms with van der Waals surface area (Å²) in [6, 6.07) is 49.6. The number of likely N-dealkylation sites (tertiary alicyclic amines) is 2. The monoisotopic (exact) mass is 1410 g/mol. The highest BCUT2D eigenvalue weighted by Gasteiger charge is 2.33. The smallest absolute Gasteiger partial charge is 0.290 e. The van der Waals surface area contributed by atoms with Crippen molar-refractivity contribution in [3.8, 4) is 62.5 Å². The highest BCUT2D eigenvalue weighted by molar-refractivity contribution is 6.03. The Kier molecular flexibility index (Phi) is 19.6. The first kappa shape index (κ1) is 68.6. The number of benzene rings is 6. The van der Waals surface area contributed by atoms with Crippen LogP contribution in [-0.4, -0.2) is 129 Å². The SMILES string of the molecule is C=CC(=O)N1CCCC(n2nc(-c3ccc4c(cnn4-c4ccccc4)c3)c3c(N)n[nH]c(=O)c32)C1.C=CC(=O)N1CCCC1Cn1nc(-c2ccc(Oc3ccccc3)cc2)c2c(N)n[nH]c(=O)c21.C=CC(=O)NC1CCC(n2nc(-c3ccc(Oc4ccccc4)cc3)c3c(N)n[nH]c(=O)c32)CC1. The number of fused-ring (bicyclic) bond motifs is 4. The minimum Gasteiger partial charge on any atom is -0.457 e. The highest BCUT2D eigenvalue weighted by Crippen LogP contribution is 2.39. The van der Waals surface area contributed by atoms with Gasteiger partial charge in [-0.05, 0) is 167 Å². The van der Waals surface area contributed by atoms with Crippen LogP contribution in [0, 0.1) is 0 Å². The van der Waals surface area contributed by atoms with Gasteiger partial charge in [-0.1, -0.05) is 80.4 Å². The highest BCUT2D eigenvalue weighted by atomic mass is 16.5. The number of ether oxygens (including phenoxy) is 2. The van der Waals surface area contributed by atoms with Gasteiger partial charge in [0.1, 0.15) is 56.6 Å². The number of carbonyl (C=O) groups excluding carboxylic acids is 3. The van der Waals surface area contributed by atoms with Crippen LogP contribution in [0.4, 0.5) is 17.5 Å². The van der Waals surface area contributed by atoms with Crippen LogP contribution in [-0.2, 0) is 20.9 Å². The molecule has 0 spiro atoms. The van der Waals surface area contributed by atoms with Crippen molar-refractivity contribution in [3.63, 3.8) is 0 Å². The third kappa shape index (κ3) is 14.2. The van der Waals surface area contributed by atoms with Gasteiger partial charge >= 0.3 is 0 Å². The number of anilines is 3. The number of carbonyl (C=O) groups is 3. The second kappa shape index (κ2) is 30.0. The molecule has 1 aliphatic carbocycles. The summed E-state index contributed by atoms with van der Waals surface area (Å²) in [4.78, 5) is 78.2. The predicted molar refractivity (Wildman–Crippen MR) is 401 cm³/mol. The van der Waals surface area contributed by atoms with Crippen molar-refractivity contribution >= 4 is 78.8 Å². The molecule has 6 aromatic carbocycles. The van der Waals surface area contributed by atoms with E-state index in [4.69, 9.17) is 42.0 Å². The number of amides is 3. The molecular weight excluding hydrogens is 1330 g/mol. The molecule has 0 radical (unpaired) electrons. The Balaban J connectivity index is 0.000000133. The molecule has 2 unspecified atom stereocenters. The molecule has 28 nitrogen and oxygen atoms in total. The van der Waals surface area contributed by atoms with Crippen LogP contribution in [0.2, 0.25) is 0 Å². The summed E-state index contributed by atoms with van der Waals surface area (Å²) >= 11 is 0. The molecule has 10 N–H and O–H groups in total. The third-order valence-electron chi connectivity index (χ3n) is 19.1. The van der Waals surface area contributed by atoms with Gasteiger partial charge in [0.25, 0.3) is 16.7 Å². The number of rotatable bonds is 16. The first-order valence-corrected chi connectivity index (χ1v) is 34.4. The molecule has 2 saturated heterocycles. The molecule has 16 rings (SSSR count). The number of hydrogen-bond donors (Lipinski definition) is 7. The second-order valence-electron chi connectivity index (χ2n) is 25.7. The van der Waals surface area contributed by atoms with Crippen LogP contribution in [0.25, 0.3) is 83.1 Å². The van der Waals surface area contributed by atoms with Crippen molar-refractivity contribution in [1.29, 1.82) is 0 Å². The fourth-order valence-electron chi connectivity index (χ4n) is 14.1. The lowest BCUT2D eigenvalue weighted by Gasteiger charge is -2.32. The van der Waals surface area contributed by atoms with Crippen molar-refractivity contribution in [2.24, 2.45) is 0 Å². The lowest BCUT2D eigenvalue weighted by atomic mass is 9.91. The van der Waals surface area contributed by atoms with Gasteiger partial charge in [-0.15, -0.1) is 0 Å². The number of aromatic amines is 3. The van der Waals surface area contributed by atoms with Crippen LogP contribution < -0.4 is 48.7 Å². The van der Waals surface area contributed by atoms with Gasteiger partial charge in [-0.2, -0.15) is 35.7 Å². The molecule has 7 aromatic heterocycles. The van der Waals surface area contributed by atoms with Crippen LogP contribution in [0.15, 0.2) is 216 Å². The molecular formula is C77H74N20O8. The molecule has 1 saturated carbocycles. The molecule has 13 aromatic rings. The number of nitrogens with one attached hydrogen (secondary N) is 4. The summed E-state index contributed by atoms with van der Waals surface area (Å²) in [5.41, 5.74) is 24.7. The molecule has 3 fully saturated rings. The number of H-pyrrole nitrogens is 3. The minimum atomic E-state index is -0.383. The number of piperidine rings is 1. The van der Waals surface area contributed by atoms with Crippen molar-refractivity contribution in [3.05, 3.63) is 233 Å². The van der Waals surface area contributed by atoms with E-state index in [2.05, 4.69) is 60.7 Å². The van der Waals surface area contributed by atoms with E-state index in [0.29, 0.717) is 87.5 Å². The summed E-state index contributed by atoms with van der Waals surface area (Å²) in [5.74, 6) is 3.02. The number of hydrogen-bond acceptors (Lipinski definition) is 18. The van der Waals surface area contributed by atoms with E-state index in [-0.39, 0.29) is 76.0 Å². The standard InChI is InChI=1S/C26H24N8O2.C26H26N6O3.C25H24N6O3/c1-2-21(35)32-12-6-9-19(15-32)34-24-22(25(27)29-30-26(24)36)23(31-34)16-10-11-20-17(13-16)14-28-33(20)18-7-4-3-5-8-18;1-2-21(33)28-17-10-12-18(13-11-17)32-24-22(25(27)29-30-26(24)34)23(31-32)16-8-14-20(15-9-16)35-19-6-4-3-5-7-19;1-2-20(32)30-14-6-7-17(30)15-31-23-21(24(26)27-28-25(23)33)22(29-31)16-10-12-19(13-11-16)34-18-8-4-3-5-9-18/h2-5,7-8,10-11,13-14,19H,1,6,9,12,15H2,(H2,27,29)(H,30,36);2-9,14-15,17-18H,1,10-13H2,(H2,27,29)(H,28,33)(H,30,34);2-5,8-13,17H,1,6-7,14-15H2,(H2,26,27)(H,28,33). The Bertz CT molecular complexity index is 5600. The van der Waals surface area contributed by atoms with Gasteiger partial charge in [-0.25, -0.2) is 20.0 Å². The zero-order chi connectivity index (χ0) is 72.8. The predicted octanol–water partition coefficient (Wildman–Crippen LogP) is 10.3. The lowest BCUT2D eigenvalue weighted by molar-refractivity contribution is -0.128. The van der Waals surface area contributed by atoms with E-state index in [0.717, 1.165) is 96.1 Å². The first-order valence-electron chi connectivity index (χ1n) is 34.4. The van der Waals surface area contributed by atoms with Crippen LogP contribution in [0.1, 0.15) is 63.5 Å². The quantitative estimate of drug-likeness (QED) is 0.0442. The van der Waals surface area contributed by atoms with Gasteiger partial charge in [0.15, 0.2) is 17.5 Å². The molecule has 530 valence electrons. The molecule has 3 aliphatic rings. The Morgan fingerprint density at radius 1 is 0.524 bits per heavy atom. The third-order valence-corrected chi connectivity index (χ3v) is 19.1. The first-order chi connectivity index (χ1) is 51.1. The Morgan fingerprint density at radius 2 is 1.01 bits per heavy atom. The van der Waals surface area contributed by atoms with E-state index in [1.165, 1.54) is 18.2 Å². The molecule has 0 bridgehead atoms. The van der Waals surface area contributed by atoms with Gasteiger partial charge in [0.2, 0.25) is 17.7 Å². The van der Waals surface area contributed by atoms with Gasteiger partial charge in [-0.3, -0.25) is 42.8 Å². The minimum absolute atomic E-state index is 0.00622. The van der Waals surface area contributed by atoms with Crippen molar-refractivity contribution in [2.45, 2.75) is 82.1 Å². The fraction of sp³-hybridized carbons (Fsp3) is 0.208. The number of nitrogens with two attached hydrogens (primary N) is 3. The fourth-order valence-corrected chi connectivity index (χ4v) is 14.1. The molecule has 2 atom stereocenters. The maximum Gasteiger partial charge on any atom is 0.290 e. The van der Waals surface area contributed by atoms with Gasteiger partial charge in [0.05, 0.1) is 58.2 Å². The van der Waals surface area contributed by atoms with E-state index in [1.54, 1.807) is 30.0 Å². The molecule has 9 heterocycles. The van der Waals surface area contributed by atoms with Crippen LogP contribution in [0.5, 0.6) is 23.0 Å². The zero-order valence-electron chi connectivity index (χ0n) is 57.0. The lowest BCUT2D eigenvalue weighted by Crippen LogP contribution is -2.40. The average molecular weight is 1410 g/mol. The largest absolute Gasteiger partial charge is 0.457 e. The van der Waals surface area contributed by atoms with E-state index in [9.17, 15) is 28.8 Å². The van der Waals surface area contributed by atoms with Gasteiger partial charge < -0.3 is 41.8 Å². The number of aromatic nitrogens is 14. The molecule has 28 heteroatoms. The van der Waals surface area contributed by atoms with Crippen molar-refractivity contribution in [2.75, 3.05) is 36.8 Å².